The lowest BCUT2D eigenvalue weighted by molar-refractivity contribution is -0.133. The summed E-state index contributed by atoms with van der Waals surface area (Å²) in [6.07, 6.45) is 2.93. The summed E-state index contributed by atoms with van der Waals surface area (Å²) in [6, 6.07) is 33.4. The van der Waals surface area contributed by atoms with Gasteiger partial charge in [-0.25, -0.2) is 15.0 Å². The maximum Gasteiger partial charge on any atom is 0.254 e. The van der Waals surface area contributed by atoms with Crippen LogP contribution in [0.4, 0.5) is 17.1 Å². The SMILES string of the molecule is CCC1Nc2ccc(C(=O)N(C)Cc3nc4ccccc4[nH]3)cc2CN(CCCNC(=O)CC[C@@H](C)NC(=O)CC[C@H](N)C(=O)N[C@@H](CCC(=O)N[C@H](C)CCC(=O)NCCCN2Cc3cc(C(=O)N(C)Cc4nc5ccccc5[nH]4)ccc3N[C@@H](CC)C2=O)C(=O)N[C@H](C)CCC(=O)NCCCN2Cc3cc(C(=O)N(C)Cc4nc5ccccc5[nH]4)ccc3N[C@@H](CC)C2=O)C1=O. The topological polar surface area (TPSA) is 474 Å². The molecule has 3 aromatic heterocycles. The Labute approximate surface area is 774 Å². The van der Waals surface area contributed by atoms with Gasteiger partial charge in [-0.2, -0.15) is 0 Å². The molecule has 0 saturated heterocycles. The normalized spacial score (nSPS) is 15.9. The largest absolute Gasteiger partial charge is 0.373 e. The van der Waals surface area contributed by atoms with Crippen LogP contribution >= 0.6 is 0 Å². The first-order valence-corrected chi connectivity index (χ1v) is 46.3. The number of nitrogens with zero attached hydrogens (tertiary/aromatic N) is 9. The molecular formula is C97H127N23O13. The number of carbonyl (C=O) groups excluding carboxylic acids is 13. The van der Waals surface area contributed by atoms with Crippen molar-refractivity contribution >= 4 is 127 Å². The summed E-state index contributed by atoms with van der Waals surface area (Å²) in [5.74, 6) is -2.16. The van der Waals surface area contributed by atoms with Crippen LogP contribution in [0.15, 0.2) is 127 Å². The second-order valence-electron chi connectivity index (χ2n) is 35.1. The Balaban J connectivity index is 0.584. The summed E-state index contributed by atoms with van der Waals surface area (Å²) < 4.78 is 0. The highest BCUT2D eigenvalue weighted by atomic mass is 16.2. The number of hydrogen-bond acceptors (Lipinski definition) is 20. The molecule has 133 heavy (non-hydrogen) atoms. The molecule has 9 aromatic rings. The van der Waals surface area contributed by atoms with Crippen LogP contribution in [0.2, 0.25) is 0 Å². The number of nitrogens with two attached hydrogens (primary N) is 1. The van der Waals surface area contributed by atoms with Crippen LogP contribution < -0.4 is 58.9 Å². The molecule has 708 valence electrons. The zero-order valence-corrected chi connectivity index (χ0v) is 77.5. The van der Waals surface area contributed by atoms with E-state index in [0.29, 0.717) is 92.3 Å². The maximum absolute atomic E-state index is 14.3. The van der Waals surface area contributed by atoms with Crippen LogP contribution in [0.1, 0.15) is 210 Å². The first-order chi connectivity index (χ1) is 64.0. The third-order valence-electron chi connectivity index (χ3n) is 24.4. The Morgan fingerprint density at radius 3 is 1.03 bits per heavy atom. The Morgan fingerprint density at radius 2 is 0.707 bits per heavy atom. The number of benzene rings is 6. The number of amides is 13. The molecule has 36 heteroatoms. The average molecular weight is 1820 g/mol. The summed E-state index contributed by atoms with van der Waals surface area (Å²) in [6.45, 7) is 14.2. The number of nitrogens with one attached hydrogen (secondary N) is 13. The predicted molar refractivity (Wildman–Crippen MR) is 506 cm³/mol. The summed E-state index contributed by atoms with van der Waals surface area (Å²) in [4.78, 5) is 212. The smallest absolute Gasteiger partial charge is 0.254 e. The summed E-state index contributed by atoms with van der Waals surface area (Å²) in [5, 5.41) is 30.2. The van der Waals surface area contributed by atoms with Crippen molar-refractivity contribution in [2.24, 2.45) is 5.73 Å². The quantitative estimate of drug-likeness (QED) is 0.0161. The van der Waals surface area contributed by atoms with E-state index in [1.165, 1.54) is 0 Å². The number of imidazole rings is 3. The van der Waals surface area contributed by atoms with E-state index in [4.69, 9.17) is 5.73 Å². The van der Waals surface area contributed by atoms with E-state index in [1.807, 2.05) is 124 Å². The van der Waals surface area contributed by atoms with Gasteiger partial charge in [0, 0.05) is 164 Å². The van der Waals surface area contributed by atoms with E-state index in [1.54, 1.807) is 95.6 Å². The fourth-order valence-corrected chi connectivity index (χ4v) is 16.7. The van der Waals surface area contributed by atoms with Crippen LogP contribution in [-0.4, -0.2) is 245 Å². The zero-order chi connectivity index (χ0) is 94.9. The van der Waals surface area contributed by atoms with Gasteiger partial charge < -0.3 is 103 Å². The van der Waals surface area contributed by atoms with Crippen molar-refractivity contribution in [2.45, 2.75) is 232 Å². The number of rotatable bonds is 45. The highest BCUT2D eigenvalue weighted by molar-refractivity contribution is 5.98. The molecule has 1 unspecified atom stereocenters. The van der Waals surface area contributed by atoms with Crippen molar-refractivity contribution in [3.05, 3.63) is 178 Å². The molecule has 8 atom stereocenters. The highest BCUT2D eigenvalue weighted by Crippen LogP contribution is 2.31. The average Bonchev–Trinajstić information content (AvgIpc) is 1.76. The zero-order valence-electron chi connectivity index (χ0n) is 77.5. The van der Waals surface area contributed by atoms with Crippen molar-refractivity contribution in [1.82, 2.24) is 96.5 Å². The van der Waals surface area contributed by atoms with E-state index < -0.39 is 72.0 Å². The third-order valence-corrected chi connectivity index (χ3v) is 24.4. The van der Waals surface area contributed by atoms with Gasteiger partial charge in [0.05, 0.1) is 58.8 Å². The number of hydrogen-bond donors (Lipinski definition) is 14. The number of aromatic nitrogens is 6. The molecule has 0 bridgehead atoms. The Bertz CT molecular complexity index is 5570. The van der Waals surface area contributed by atoms with E-state index >= 15 is 0 Å². The van der Waals surface area contributed by atoms with E-state index in [2.05, 4.69) is 83.1 Å². The van der Waals surface area contributed by atoms with Crippen molar-refractivity contribution < 1.29 is 62.3 Å². The third kappa shape index (κ3) is 27.2. The van der Waals surface area contributed by atoms with Crippen molar-refractivity contribution in [3.63, 3.8) is 0 Å². The van der Waals surface area contributed by atoms with Crippen LogP contribution in [0, 0.1) is 0 Å². The van der Waals surface area contributed by atoms with E-state index in [9.17, 15) is 62.3 Å². The van der Waals surface area contributed by atoms with Gasteiger partial charge >= 0.3 is 0 Å². The molecule has 0 radical (unpaired) electrons. The van der Waals surface area contributed by atoms with Gasteiger partial charge in [-0.1, -0.05) is 57.2 Å². The number of para-hydroxylation sites is 6. The molecule has 0 saturated carbocycles. The monoisotopic (exact) mass is 1820 g/mol. The van der Waals surface area contributed by atoms with Gasteiger partial charge in [-0.3, -0.25) is 62.3 Å². The van der Waals surface area contributed by atoms with E-state index in [-0.39, 0.29) is 176 Å². The Hall–Kier alpha value is -13.8. The van der Waals surface area contributed by atoms with Crippen LogP contribution in [-0.2, 0) is 87.2 Å². The molecule has 0 aliphatic carbocycles. The minimum Gasteiger partial charge on any atom is -0.373 e. The number of fused-ring (bicyclic) bond motifs is 6. The molecule has 36 nitrogen and oxygen atoms in total. The van der Waals surface area contributed by atoms with Gasteiger partial charge in [-0.05, 0) is 199 Å². The summed E-state index contributed by atoms with van der Waals surface area (Å²) >= 11 is 0. The lowest BCUT2D eigenvalue weighted by Gasteiger charge is -2.24. The molecule has 6 heterocycles. The van der Waals surface area contributed by atoms with Crippen LogP contribution in [0.25, 0.3) is 33.1 Å². The minimum atomic E-state index is -1.31. The summed E-state index contributed by atoms with van der Waals surface area (Å²) in [5.41, 5.74) is 17.4. The molecule has 6 aromatic carbocycles. The van der Waals surface area contributed by atoms with Gasteiger partial charge in [0.1, 0.15) is 41.6 Å². The predicted octanol–water partition coefficient (Wildman–Crippen LogP) is 7.88. The second-order valence-corrected chi connectivity index (χ2v) is 35.1. The minimum absolute atomic E-state index is 0.00226. The maximum atomic E-state index is 14.3. The van der Waals surface area contributed by atoms with Gasteiger partial charge in [0.2, 0.25) is 59.1 Å². The first-order valence-electron chi connectivity index (χ1n) is 46.3. The molecule has 12 rings (SSSR count). The lowest BCUT2D eigenvalue weighted by Crippen LogP contribution is -2.53. The van der Waals surface area contributed by atoms with Crippen LogP contribution in [0.3, 0.4) is 0 Å². The van der Waals surface area contributed by atoms with Crippen molar-refractivity contribution in [2.75, 3.05) is 76.4 Å². The molecule has 15 N–H and O–H groups in total. The molecule has 13 amide bonds. The molecule has 3 aliphatic heterocycles. The fourth-order valence-electron chi connectivity index (χ4n) is 16.7. The van der Waals surface area contributed by atoms with Crippen molar-refractivity contribution in [1.29, 1.82) is 0 Å². The second kappa shape index (κ2) is 46.8. The summed E-state index contributed by atoms with van der Waals surface area (Å²) in [7, 11) is 5.13. The number of anilines is 3. The van der Waals surface area contributed by atoms with Gasteiger partial charge in [-0.15, -0.1) is 0 Å². The van der Waals surface area contributed by atoms with Crippen LogP contribution in [0.5, 0.6) is 0 Å². The highest BCUT2D eigenvalue weighted by Gasteiger charge is 2.35. The molecular weight excluding hydrogens is 1700 g/mol. The molecule has 0 fully saturated rings. The number of H-pyrrole nitrogens is 3. The first kappa shape index (κ1) is 98.2. The number of aromatic amines is 3. The Morgan fingerprint density at radius 1 is 0.398 bits per heavy atom. The van der Waals surface area contributed by atoms with Gasteiger partial charge in [0.15, 0.2) is 0 Å². The van der Waals surface area contributed by atoms with Gasteiger partial charge in [0.25, 0.3) is 17.7 Å². The molecule has 0 spiro atoms. The van der Waals surface area contributed by atoms with Crippen molar-refractivity contribution in [3.8, 4) is 0 Å². The number of carbonyl (C=O) groups is 13. The fraction of sp³-hybridized carbons (Fsp3) is 0.464. The lowest BCUT2D eigenvalue weighted by atomic mass is 10.1. The Kier molecular flexibility index (Phi) is 34.6. The van der Waals surface area contributed by atoms with E-state index in [0.717, 1.165) is 66.9 Å². The standard InChI is InChI=1S/C97H127N23O13/c1-10-69-95(131)118(53-65-50-62(31-35-72(65)105-69)92(128)115(7)56-82-108-75-22-13-14-23-76(75)109-82)47-19-44-99-85(121)39-28-59(4)102-88(124)42-34-68(98)90(126)114-81(91(127)104-61(6)30-41-87(123)101-46-21-49-120-55-67-52-64(33-37-74(67)107-71(12-3)97(120)133)94(130)117(9)58-84-112-79-26-17-18-27-80(79)113-84)38-43-89(125)103-60(5)29-40-86(122)100-45-20-48-119-54-66-51-63(32-36-73(66)106-70(11-2)96(119)132)93(129)116(8)57-83-110-77-24-15-16-25-78(77)111-83/h13-18,22-27,31-33,35-37,50-52,59-61,68-71,81,105-107H,10-12,19-21,28-30,34,38-49,53-58,98H2,1-9H3,(H,99,121)(H,100,122)(H,101,123)(H,102,124)(H,103,125)(H,104,127)(H,108,109)(H,110,111)(H,112,113)(H,114,126)/t59-,60-,61-,68+,69?,70+,71+,81+/m1/s1. The molecule has 3 aliphatic rings.